The van der Waals surface area contributed by atoms with Crippen molar-refractivity contribution in [3.8, 4) is 17.0 Å². The first-order valence-electron chi connectivity index (χ1n) is 5.98. The molecule has 1 N–H and O–H groups in total. The van der Waals surface area contributed by atoms with E-state index in [-0.39, 0.29) is 5.69 Å². The number of aromatic carboxylic acids is 1. The topological polar surface area (TPSA) is 64.4 Å². The van der Waals surface area contributed by atoms with Crippen molar-refractivity contribution in [1.29, 1.82) is 0 Å². The van der Waals surface area contributed by atoms with Gasteiger partial charge in [-0.3, -0.25) is 4.68 Å². The van der Waals surface area contributed by atoms with Gasteiger partial charge in [-0.25, -0.2) is 4.79 Å². The molecular formula is C14H15BrN2O3. The lowest BCUT2D eigenvalue weighted by Gasteiger charge is -2.11. The Morgan fingerprint density at radius 2 is 2.05 bits per heavy atom. The maximum Gasteiger partial charge on any atom is 0.355 e. The number of methoxy groups -OCH3 is 1. The van der Waals surface area contributed by atoms with Crippen LogP contribution in [-0.2, 0) is 7.05 Å². The molecule has 0 radical (unpaired) electrons. The minimum absolute atomic E-state index is 0.113. The van der Waals surface area contributed by atoms with E-state index in [0.29, 0.717) is 15.9 Å². The molecule has 1 aromatic heterocycles. The van der Waals surface area contributed by atoms with Crippen molar-refractivity contribution in [3.05, 3.63) is 33.4 Å². The third kappa shape index (κ3) is 2.31. The highest BCUT2D eigenvalue weighted by atomic mass is 79.9. The molecule has 0 aliphatic rings. The van der Waals surface area contributed by atoms with Crippen LogP contribution in [0.1, 0.15) is 21.6 Å². The predicted molar refractivity (Wildman–Crippen MR) is 79.3 cm³/mol. The van der Waals surface area contributed by atoms with Crippen molar-refractivity contribution in [2.24, 2.45) is 7.05 Å². The molecule has 20 heavy (non-hydrogen) atoms. The second-order valence-corrected chi connectivity index (χ2v) is 5.39. The predicted octanol–water partition coefficient (Wildman–Crippen LogP) is 3.17. The fourth-order valence-corrected chi connectivity index (χ4v) is 2.99. The number of ether oxygens (including phenoxy) is 1. The van der Waals surface area contributed by atoms with Crippen molar-refractivity contribution in [2.45, 2.75) is 13.8 Å². The lowest BCUT2D eigenvalue weighted by molar-refractivity contribution is 0.0684. The number of halogens is 1. The summed E-state index contributed by atoms with van der Waals surface area (Å²) in [6.07, 6.45) is 0. The van der Waals surface area contributed by atoms with Crippen molar-refractivity contribution >= 4 is 21.9 Å². The molecule has 0 spiro atoms. The molecule has 0 saturated carbocycles. The van der Waals surface area contributed by atoms with Crippen LogP contribution in [0.3, 0.4) is 0 Å². The van der Waals surface area contributed by atoms with Crippen molar-refractivity contribution in [1.82, 2.24) is 9.78 Å². The molecule has 2 aromatic rings. The monoisotopic (exact) mass is 338 g/mol. The second-order valence-electron chi connectivity index (χ2n) is 4.60. The molecule has 5 nitrogen and oxygen atoms in total. The van der Waals surface area contributed by atoms with Gasteiger partial charge in [0.05, 0.1) is 11.6 Å². The van der Waals surface area contributed by atoms with Crippen LogP contribution in [0.25, 0.3) is 11.3 Å². The first-order chi connectivity index (χ1) is 9.36. The third-order valence-electron chi connectivity index (χ3n) is 3.09. The maximum absolute atomic E-state index is 11.3. The average molecular weight is 339 g/mol. The number of hydrogen-bond acceptors (Lipinski definition) is 3. The third-order valence-corrected chi connectivity index (χ3v) is 3.84. The fourth-order valence-electron chi connectivity index (χ4n) is 2.28. The van der Waals surface area contributed by atoms with E-state index in [9.17, 15) is 9.90 Å². The van der Waals surface area contributed by atoms with Gasteiger partial charge in [-0.1, -0.05) is 6.07 Å². The SMILES string of the molecule is COc1cc(C)cc(C)c1-c1nn(C)c(C(=O)O)c1Br. The zero-order valence-corrected chi connectivity index (χ0v) is 13.3. The summed E-state index contributed by atoms with van der Waals surface area (Å²) in [5.74, 6) is -0.347. The van der Waals surface area contributed by atoms with Gasteiger partial charge >= 0.3 is 5.97 Å². The number of benzene rings is 1. The number of carboxylic acid groups (broad SMARTS) is 1. The summed E-state index contributed by atoms with van der Waals surface area (Å²) in [6.45, 7) is 3.93. The zero-order chi connectivity index (χ0) is 15.0. The lowest BCUT2D eigenvalue weighted by Crippen LogP contribution is -2.05. The number of rotatable bonds is 3. The van der Waals surface area contributed by atoms with E-state index in [1.54, 1.807) is 14.2 Å². The van der Waals surface area contributed by atoms with Gasteiger partial charge in [0.2, 0.25) is 0 Å². The largest absolute Gasteiger partial charge is 0.496 e. The molecule has 0 saturated heterocycles. The highest BCUT2D eigenvalue weighted by Crippen LogP contribution is 2.38. The van der Waals surface area contributed by atoms with E-state index >= 15 is 0 Å². The average Bonchev–Trinajstić information content (AvgIpc) is 2.63. The van der Waals surface area contributed by atoms with Gasteiger partial charge in [0, 0.05) is 12.6 Å². The summed E-state index contributed by atoms with van der Waals surface area (Å²) in [4.78, 5) is 11.3. The molecule has 106 valence electrons. The number of nitrogens with zero attached hydrogens (tertiary/aromatic N) is 2. The summed E-state index contributed by atoms with van der Waals surface area (Å²) in [7, 11) is 3.19. The highest BCUT2D eigenvalue weighted by Gasteiger charge is 2.23. The first-order valence-corrected chi connectivity index (χ1v) is 6.77. The van der Waals surface area contributed by atoms with Crippen molar-refractivity contribution < 1.29 is 14.6 Å². The Morgan fingerprint density at radius 3 is 2.55 bits per heavy atom. The molecule has 0 unspecified atom stereocenters. The Balaban J connectivity index is 2.76. The van der Waals surface area contributed by atoms with Crippen LogP contribution in [0.15, 0.2) is 16.6 Å². The van der Waals surface area contributed by atoms with Crippen LogP contribution in [0.5, 0.6) is 5.75 Å². The molecule has 0 aliphatic carbocycles. The molecule has 0 aliphatic heterocycles. The van der Waals surface area contributed by atoms with E-state index in [0.717, 1.165) is 16.7 Å². The van der Waals surface area contributed by atoms with Crippen molar-refractivity contribution in [3.63, 3.8) is 0 Å². The summed E-state index contributed by atoms with van der Waals surface area (Å²) >= 11 is 3.34. The minimum Gasteiger partial charge on any atom is -0.496 e. The molecule has 6 heteroatoms. The Kier molecular flexibility index (Phi) is 3.85. The zero-order valence-electron chi connectivity index (χ0n) is 11.7. The van der Waals surface area contributed by atoms with Gasteiger partial charge in [0.25, 0.3) is 0 Å². The van der Waals surface area contributed by atoms with Gasteiger partial charge in [-0.05, 0) is 47.0 Å². The maximum atomic E-state index is 11.3. The van der Waals surface area contributed by atoms with E-state index in [1.807, 2.05) is 26.0 Å². The quantitative estimate of drug-likeness (QED) is 0.933. The summed E-state index contributed by atoms with van der Waals surface area (Å²) < 4.78 is 7.21. The van der Waals surface area contributed by atoms with Crippen LogP contribution in [0, 0.1) is 13.8 Å². The Labute approximate surface area is 125 Å². The summed E-state index contributed by atoms with van der Waals surface area (Å²) in [5.41, 5.74) is 3.54. The molecule has 0 fully saturated rings. The van der Waals surface area contributed by atoms with Crippen LogP contribution < -0.4 is 4.74 Å². The Morgan fingerprint density at radius 1 is 1.40 bits per heavy atom. The molecule has 1 heterocycles. The second kappa shape index (κ2) is 5.28. The minimum atomic E-state index is -1.03. The normalized spacial score (nSPS) is 10.7. The van der Waals surface area contributed by atoms with Gasteiger partial charge < -0.3 is 9.84 Å². The number of hydrogen-bond donors (Lipinski definition) is 1. The molecular weight excluding hydrogens is 324 g/mol. The van der Waals surface area contributed by atoms with Gasteiger partial charge in [0.1, 0.15) is 11.4 Å². The number of aryl methyl sites for hydroxylation is 3. The van der Waals surface area contributed by atoms with Gasteiger partial charge in [-0.2, -0.15) is 5.10 Å². The highest BCUT2D eigenvalue weighted by molar-refractivity contribution is 9.10. The van der Waals surface area contributed by atoms with Crippen LogP contribution >= 0.6 is 15.9 Å². The summed E-state index contributed by atoms with van der Waals surface area (Å²) in [6, 6.07) is 3.92. The van der Waals surface area contributed by atoms with E-state index in [1.165, 1.54) is 4.68 Å². The molecule has 1 aromatic carbocycles. The van der Waals surface area contributed by atoms with Gasteiger partial charge in [-0.15, -0.1) is 0 Å². The van der Waals surface area contributed by atoms with Crippen LogP contribution in [0.2, 0.25) is 0 Å². The first kappa shape index (κ1) is 14.6. The van der Waals surface area contributed by atoms with E-state index in [2.05, 4.69) is 21.0 Å². The van der Waals surface area contributed by atoms with Gasteiger partial charge in [0.15, 0.2) is 5.69 Å². The number of carboxylic acids is 1. The molecule has 2 rings (SSSR count). The summed E-state index contributed by atoms with van der Waals surface area (Å²) in [5, 5.41) is 13.5. The number of aromatic nitrogens is 2. The van der Waals surface area contributed by atoms with E-state index in [4.69, 9.17) is 4.74 Å². The smallest absolute Gasteiger partial charge is 0.355 e. The molecule has 0 atom stereocenters. The van der Waals surface area contributed by atoms with Crippen LogP contribution in [-0.4, -0.2) is 28.0 Å². The standard InChI is InChI=1S/C14H15BrN2O3/c1-7-5-8(2)10(9(6-7)20-4)12-11(15)13(14(18)19)17(3)16-12/h5-6H,1-4H3,(H,18,19). The van der Waals surface area contributed by atoms with Crippen LogP contribution in [0.4, 0.5) is 0 Å². The Bertz CT molecular complexity index is 692. The van der Waals surface area contributed by atoms with Crippen molar-refractivity contribution in [2.75, 3.05) is 7.11 Å². The van der Waals surface area contributed by atoms with E-state index < -0.39 is 5.97 Å². The Hall–Kier alpha value is -1.82. The molecule has 0 bridgehead atoms. The number of carbonyl (C=O) groups is 1. The molecule has 0 amide bonds. The fraction of sp³-hybridized carbons (Fsp3) is 0.286. The lowest BCUT2D eigenvalue weighted by atomic mass is 10.0.